The number of hydrogen-bond donors (Lipinski definition) is 4. The van der Waals surface area contributed by atoms with Crippen LogP contribution in [-0.4, -0.2) is 54.6 Å². The van der Waals surface area contributed by atoms with Gasteiger partial charge in [-0.15, -0.1) is 0 Å². The first-order chi connectivity index (χ1) is 7.96. The largest absolute Gasteiger partial charge is 0.393 e. The molecule has 0 aromatic rings. The number of aliphatic hydroxyl groups is 2. The second kappa shape index (κ2) is 5.77. The van der Waals surface area contributed by atoms with Crippen LogP contribution in [0, 0.1) is 5.41 Å². The van der Waals surface area contributed by atoms with Crippen LogP contribution in [-0.2, 0) is 9.53 Å². The maximum Gasteiger partial charge on any atom is 0.227 e. The first-order valence-corrected chi connectivity index (χ1v) is 5.85. The van der Waals surface area contributed by atoms with Gasteiger partial charge >= 0.3 is 0 Å². The van der Waals surface area contributed by atoms with E-state index in [0.717, 1.165) is 0 Å². The van der Waals surface area contributed by atoms with Crippen molar-refractivity contribution in [3.05, 3.63) is 0 Å². The SMILES string of the molecule is CC(O)(CO)CNC(=O)C1(CN)CCOCC1. The maximum absolute atomic E-state index is 12.1. The monoisotopic (exact) mass is 246 g/mol. The van der Waals surface area contributed by atoms with Crippen molar-refractivity contribution in [3.63, 3.8) is 0 Å². The molecule has 5 N–H and O–H groups in total. The first kappa shape index (κ1) is 14.4. The van der Waals surface area contributed by atoms with Crippen LogP contribution in [0.1, 0.15) is 19.8 Å². The van der Waals surface area contributed by atoms with Crippen molar-refractivity contribution in [1.82, 2.24) is 5.32 Å². The highest BCUT2D eigenvalue weighted by atomic mass is 16.5. The van der Waals surface area contributed by atoms with E-state index in [1.54, 1.807) is 0 Å². The molecular weight excluding hydrogens is 224 g/mol. The zero-order valence-electron chi connectivity index (χ0n) is 10.2. The first-order valence-electron chi connectivity index (χ1n) is 5.85. The van der Waals surface area contributed by atoms with E-state index in [1.807, 2.05) is 0 Å². The number of amides is 1. The lowest BCUT2D eigenvalue weighted by Crippen LogP contribution is -2.53. The van der Waals surface area contributed by atoms with E-state index in [-0.39, 0.29) is 19.0 Å². The van der Waals surface area contributed by atoms with Crippen molar-refractivity contribution >= 4 is 5.91 Å². The van der Waals surface area contributed by atoms with Gasteiger partial charge < -0.3 is 26.0 Å². The van der Waals surface area contributed by atoms with E-state index in [1.165, 1.54) is 6.92 Å². The van der Waals surface area contributed by atoms with Crippen LogP contribution in [0.2, 0.25) is 0 Å². The fourth-order valence-corrected chi connectivity index (χ4v) is 1.80. The van der Waals surface area contributed by atoms with E-state index in [4.69, 9.17) is 15.6 Å². The Hall–Kier alpha value is -0.690. The van der Waals surface area contributed by atoms with Crippen LogP contribution in [0.4, 0.5) is 0 Å². The van der Waals surface area contributed by atoms with Crippen LogP contribution >= 0.6 is 0 Å². The molecule has 0 radical (unpaired) electrons. The molecule has 0 saturated carbocycles. The third kappa shape index (κ3) is 3.64. The van der Waals surface area contributed by atoms with E-state index in [9.17, 15) is 9.90 Å². The number of carbonyl (C=O) groups excluding carboxylic acids is 1. The van der Waals surface area contributed by atoms with Gasteiger partial charge in [-0.2, -0.15) is 0 Å². The standard InChI is InChI=1S/C11H22N2O4/c1-10(16,8-14)7-13-9(15)11(6-12)2-4-17-5-3-11/h14,16H,2-8,12H2,1H3,(H,13,15). The summed E-state index contributed by atoms with van der Waals surface area (Å²) in [5.74, 6) is -0.169. The highest BCUT2D eigenvalue weighted by molar-refractivity contribution is 5.83. The number of carbonyl (C=O) groups is 1. The molecule has 0 aliphatic carbocycles. The highest BCUT2D eigenvalue weighted by Crippen LogP contribution is 2.29. The number of nitrogens with one attached hydrogen (secondary N) is 1. The number of rotatable bonds is 5. The third-order valence-corrected chi connectivity index (χ3v) is 3.29. The van der Waals surface area contributed by atoms with Crippen LogP contribution < -0.4 is 11.1 Å². The Morgan fingerprint density at radius 2 is 2.12 bits per heavy atom. The van der Waals surface area contributed by atoms with Crippen molar-refractivity contribution in [3.8, 4) is 0 Å². The Bertz CT molecular complexity index is 262. The van der Waals surface area contributed by atoms with Gasteiger partial charge in [-0.25, -0.2) is 0 Å². The Morgan fingerprint density at radius 3 is 2.59 bits per heavy atom. The second-order valence-corrected chi connectivity index (χ2v) is 4.93. The van der Waals surface area contributed by atoms with Gasteiger partial charge in [0.05, 0.1) is 12.0 Å². The van der Waals surface area contributed by atoms with E-state index in [2.05, 4.69) is 5.32 Å². The summed E-state index contributed by atoms with van der Waals surface area (Å²) in [7, 11) is 0. The Balaban J connectivity index is 2.55. The Morgan fingerprint density at radius 1 is 1.53 bits per heavy atom. The number of aliphatic hydroxyl groups excluding tert-OH is 1. The Kier molecular flexibility index (Phi) is 4.88. The molecule has 0 spiro atoms. The minimum atomic E-state index is -1.30. The summed E-state index contributed by atoms with van der Waals surface area (Å²) in [5, 5.41) is 21.1. The normalized spacial score (nSPS) is 22.8. The molecule has 1 amide bonds. The van der Waals surface area contributed by atoms with Gasteiger partial charge in [0.2, 0.25) is 5.91 Å². The van der Waals surface area contributed by atoms with Gasteiger partial charge in [0.25, 0.3) is 0 Å². The lowest BCUT2D eigenvalue weighted by molar-refractivity contribution is -0.137. The smallest absolute Gasteiger partial charge is 0.227 e. The summed E-state index contributed by atoms with van der Waals surface area (Å²) in [6.45, 7) is 2.41. The summed E-state index contributed by atoms with van der Waals surface area (Å²) in [4.78, 5) is 12.1. The molecule has 1 fully saturated rings. The van der Waals surface area contributed by atoms with Gasteiger partial charge in [0, 0.05) is 26.3 Å². The molecule has 1 aliphatic rings. The van der Waals surface area contributed by atoms with Crippen LogP contribution in [0.5, 0.6) is 0 Å². The molecule has 100 valence electrons. The van der Waals surface area contributed by atoms with Crippen LogP contribution in [0.15, 0.2) is 0 Å². The van der Waals surface area contributed by atoms with E-state index < -0.39 is 17.6 Å². The molecule has 17 heavy (non-hydrogen) atoms. The van der Waals surface area contributed by atoms with Crippen molar-refractivity contribution in [2.45, 2.75) is 25.4 Å². The zero-order valence-corrected chi connectivity index (χ0v) is 10.2. The molecule has 0 aromatic carbocycles. The fraction of sp³-hybridized carbons (Fsp3) is 0.909. The van der Waals surface area contributed by atoms with Crippen molar-refractivity contribution < 1.29 is 19.7 Å². The third-order valence-electron chi connectivity index (χ3n) is 3.29. The zero-order chi connectivity index (χ0) is 12.9. The molecule has 6 nitrogen and oxygen atoms in total. The van der Waals surface area contributed by atoms with E-state index in [0.29, 0.717) is 26.1 Å². The Labute approximate surface area is 101 Å². The molecule has 6 heteroatoms. The molecular formula is C11H22N2O4. The second-order valence-electron chi connectivity index (χ2n) is 4.93. The summed E-state index contributed by atoms with van der Waals surface area (Å²) < 4.78 is 5.22. The van der Waals surface area contributed by atoms with Crippen molar-refractivity contribution in [2.75, 3.05) is 32.9 Å². The average Bonchev–Trinajstić information content (AvgIpc) is 2.37. The van der Waals surface area contributed by atoms with Gasteiger partial charge in [0.15, 0.2) is 0 Å². The van der Waals surface area contributed by atoms with Gasteiger partial charge in [0.1, 0.15) is 5.60 Å². The number of nitrogens with two attached hydrogens (primary N) is 1. The van der Waals surface area contributed by atoms with Crippen LogP contribution in [0.3, 0.4) is 0 Å². The molecule has 1 heterocycles. The lowest BCUT2D eigenvalue weighted by Gasteiger charge is -2.35. The predicted octanol–water partition coefficient (Wildman–Crippen LogP) is -1.40. The van der Waals surface area contributed by atoms with Crippen molar-refractivity contribution in [1.29, 1.82) is 0 Å². The molecule has 0 aromatic heterocycles. The van der Waals surface area contributed by atoms with Crippen molar-refractivity contribution in [2.24, 2.45) is 11.1 Å². The van der Waals surface area contributed by atoms with Gasteiger partial charge in [-0.3, -0.25) is 4.79 Å². The van der Waals surface area contributed by atoms with Crippen LogP contribution in [0.25, 0.3) is 0 Å². The quantitative estimate of drug-likeness (QED) is 0.477. The maximum atomic E-state index is 12.1. The minimum Gasteiger partial charge on any atom is -0.393 e. The van der Waals surface area contributed by atoms with Gasteiger partial charge in [-0.05, 0) is 19.8 Å². The topological polar surface area (TPSA) is 105 Å². The van der Waals surface area contributed by atoms with E-state index >= 15 is 0 Å². The van der Waals surface area contributed by atoms with Gasteiger partial charge in [-0.1, -0.05) is 0 Å². The fourth-order valence-electron chi connectivity index (χ4n) is 1.80. The summed E-state index contributed by atoms with van der Waals surface area (Å²) >= 11 is 0. The minimum absolute atomic E-state index is 0.0188. The summed E-state index contributed by atoms with van der Waals surface area (Å²) in [5.41, 5.74) is 3.79. The lowest BCUT2D eigenvalue weighted by atomic mass is 9.79. The molecule has 1 rings (SSSR count). The summed E-state index contributed by atoms with van der Waals surface area (Å²) in [6, 6.07) is 0. The number of hydrogen-bond acceptors (Lipinski definition) is 5. The number of ether oxygens (including phenoxy) is 1. The summed E-state index contributed by atoms with van der Waals surface area (Å²) in [6.07, 6.45) is 1.19. The molecule has 0 bridgehead atoms. The molecule has 1 aliphatic heterocycles. The molecule has 1 unspecified atom stereocenters. The average molecular weight is 246 g/mol. The molecule has 1 saturated heterocycles. The molecule has 1 atom stereocenters. The predicted molar refractivity (Wildman–Crippen MR) is 62.3 cm³/mol. The highest BCUT2D eigenvalue weighted by Gasteiger charge is 2.39.